The number of aryl methyl sites for hydroxylation is 2. The third-order valence-corrected chi connectivity index (χ3v) is 3.88. The van der Waals surface area contributed by atoms with Gasteiger partial charge >= 0.3 is 0 Å². The number of carbonyl (C=O) groups excluding carboxylic acids is 1. The molecule has 1 aromatic heterocycles. The van der Waals surface area contributed by atoms with Crippen molar-refractivity contribution in [3.8, 4) is 0 Å². The number of nitrogens with zero attached hydrogens (tertiary/aromatic N) is 3. The van der Waals surface area contributed by atoms with E-state index in [4.69, 9.17) is 11.6 Å². The fraction of sp³-hybridized carbons (Fsp3) is 0.250. The van der Waals surface area contributed by atoms with Crippen LogP contribution in [0.4, 0.5) is 11.4 Å². The summed E-state index contributed by atoms with van der Waals surface area (Å²) in [4.78, 5) is 21.9. The topological polar surface area (TPSA) is 102 Å². The predicted octanol–water partition coefficient (Wildman–Crippen LogP) is 2.53. The molecule has 0 spiro atoms. The Balaban J connectivity index is 1.77. The number of hydrogen-bond donors (Lipinski definition) is 2. The van der Waals surface area contributed by atoms with E-state index in [2.05, 4.69) is 15.7 Å². The van der Waals surface area contributed by atoms with Crippen molar-refractivity contribution in [2.24, 2.45) is 7.05 Å². The van der Waals surface area contributed by atoms with Crippen LogP contribution >= 0.6 is 11.6 Å². The number of aromatic nitrogens is 2. The first-order valence-electron chi connectivity index (χ1n) is 7.52. The number of nitro groups is 1. The second-order valence-corrected chi connectivity index (χ2v) is 5.63. The molecule has 9 heteroatoms. The highest BCUT2D eigenvalue weighted by atomic mass is 35.5. The van der Waals surface area contributed by atoms with Gasteiger partial charge in [-0.2, -0.15) is 5.10 Å². The fourth-order valence-corrected chi connectivity index (χ4v) is 2.38. The number of nitrogens with one attached hydrogen (secondary N) is 2. The summed E-state index contributed by atoms with van der Waals surface area (Å²) < 4.78 is 1.54. The molecule has 1 amide bonds. The van der Waals surface area contributed by atoms with E-state index in [1.165, 1.54) is 18.2 Å². The van der Waals surface area contributed by atoms with Crippen LogP contribution in [0.1, 0.15) is 11.3 Å². The lowest BCUT2D eigenvalue weighted by Crippen LogP contribution is -2.27. The Morgan fingerprint density at radius 3 is 2.60 bits per heavy atom. The van der Waals surface area contributed by atoms with Gasteiger partial charge in [-0.25, -0.2) is 0 Å². The Bertz CT molecular complexity index is 799. The second-order valence-electron chi connectivity index (χ2n) is 5.27. The van der Waals surface area contributed by atoms with Crippen LogP contribution in [0, 0.1) is 17.0 Å². The highest BCUT2D eigenvalue weighted by Crippen LogP contribution is 2.19. The van der Waals surface area contributed by atoms with Crippen LogP contribution in [0.2, 0.25) is 5.15 Å². The van der Waals surface area contributed by atoms with Gasteiger partial charge in [0.25, 0.3) is 5.69 Å². The van der Waals surface area contributed by atoms with E-state index in [1.807, 2.05) is 6.92 Å². The Labute approximate surface area is 149 Å². The normalized spacial score (nSPS) is 10.8. The van der Waals surface area contributed by atoms with Crippen molar-refractivity contribution in [3.63, 3.8) is 0 Å². The Kier molecular flexibility index (Phi) is 6.13. The van der Waals surface area contributed by atoms with Gasteiger partial charge in [-0.05, 0) is 25.1 Å². The second kappa shape index (κ2) is 8.29. The zero-order chi connectivity index (χ0) is 18.4. The maximum absolute atomic E-state index is 11.8. The number of nitro benzene ring substituents is 1. The molecule has 1 aromatic carbocycles. The fourth-order valence-electron chi connectivity index (χ4n) is 2.15. The first-order valence-corrected chi connectivity index (χ1v) is 7.89. The third kappa shape index (κ3) is 5.05. The van der Waals surface area contributed by atoms with Crippen LogP contribution in [-0.2, 0) is 11.8 Å². The standard InChI is InChI=1S/C16H18ClN5O3/c1-11-14(16(17)21(2)20-11)7-8-15(23)19-10-9-18-12-3-5-13(6-4-12)22(24)25/h3-8,18H,9-10H2,1-2H3,(H,19,23)/b8-7+. The summed E-state index contributed by atoms with van der Waals surface area (Å²) in [5.74, 6) is -0.246. The molecule has 2 aromatic rings. The molecule has 2 rings (SSSR count). The molecule has 0 atom stereocenters. The van der Waals surface area contributed by atoms with Crippen LogP contribution in [0.5, 0.6) is 0 Å². The summed E-state index contributed by atoms with van der Waals surface area (Å²) >= 11 is 6.09. The smallest absolute Gasteiger partial charge is 0.269 e. The van der Waals surface area contributed by atoms with Crippen LogP contribution in [0.25, 0.3) is 6.08 Å². The number of hydrogen-bond acceptors (Lipinski definition) is 5. The first-order chi connectivity index (χ1) is 11.9. The van der Waals surface area contributed by atoms with Gasteiger partial charge in [0.15, 0.2) is 0 Å². The van der Waals surface area contributed by atoms with E-state index < -0.39 is 4.92 Å². The quantitative estimate of drug-likeness (QED) is 0.340. The summed E-state index contributed by atoms with van der Waals surface area (Å²) in [5.41, 5.74) is 2.24. The Hall–Kier alpha value is -2.87. The molecule has 1 heterocycles. The molecule has 132 valence electrons. The molecular weight excluding hydrogens is 346 g/mol. The van der Waals surface area contributed by atoms with Gasteiger partial charge in [-0.3, -0.25) is 19.6 Å². The predicted molar refractivity (Wildman–Crippen MR) is 96.6 cm³/mol. The summed E-state index contributed by atoms with van der Waals surface area (Å²) in [7, 11) is 1.73. The Morgan fingerprint density at radius 2 is 2.04 bits per heavy atom. The zero-order valence-electron chi connectivity index (χ0n) is 13.8. The van der Waals surface area contributed by atoms with E-state index in [0.717, 1.165) is 11.4 Å². The summed E-state index contributed by atoms with van der Waals surface area (Å²) in [6, 6.07) is 6.08. The van der Waals surface area contributed by atoms with Crippen molar-refractivity contribution >= 4 is 35.0 Å². The van der Waals surface area contributed by atoms with E-state index in [-0.39, 0.29) is 11.6 Å². The first kappa shape index (κ1) is 18.5. The lowest BCUT2D eigenvalue weighted by atomic mass is 10.2. The number of anilines is 1. The molecule has 0 aliphatic rings. The highest BCUT2D eigenvalue weighted by molar-refractivity contribution is 6.31. The summed E-state index contributed by atoms with van der Waals surface area (Å²) in [6.45, 7) is 2.71. The van der Waals surface area contributed by atoms with E-state index in [1.54, 1.807) is 29.9 Å². The number of halogens is 1. The zero-order valence-corrected chi connectivity index (χ0v) is 14.6. The molecule has 0 bridgehead atoms. The number of benzene rings is 1. The van der Waals surface area contributed by atoms with Gasteiger partial charge < -0.3 is 10.6 Å². The number of non-ortho nitro benzene ring substituents is 1. The van der Waals surface area contributed by atoms with Gasteiger partial charge in [0.1, 0.15) is 5.15 Å². The van der Waals surface area contributed by atoms with Gasteiger partial charge in [0, 0.05) is 49.6 Å². The molecular formula is C16H18ClN5O3. The molecule has 0 radical (unpaired) electrons. The third-order valence-electron chi connectivity index (χ3n) is 3.43. The van der Waals surface area contributed by atoms with Crippen LogP contribution in [0.15, 0.2) is 30.3 Å². The molecule has 0 aliphatic heterocycles. The minimum atomic E-state index is -0.452. The van der Waals surface area contributed by atoms with Crippen molar-refractivity contribution in [1.82, 2.24) is 15.1 Å². The van der Waals surface area contributed by atoms with Gasteiger partial charge in [-0.15, -0.1) is 0 Å². The van der Waals surface area contributed by atoms with Crippen molar-refractivity contribution < 1.29 is 9.72 Å². The number of amides is 1. The minimum absolute atomic E-state index is 0.0355. The molecule has 0 saturated carbocycles. The monoisotopic (exact) mass is 363 g/mol. The maximum Gasteiger partial charge on any atom is 0.269 e. The SMILES string of the molecule is Cc1nn(C)c(Cl)c1/C=C/C(=O)NCCNc1ccc([N+](=O)[O-])cc1. The summed E-state index contributed by atoms with van der Waals surface area (Å²) in [6.07, 6.45) is 3.03. The van der Waals surface area contributed by atoms with Gasteiger partial charge in [0.2, 0.25) is 5.91 Å². The highest BCUT2D eigenvalue weighted by Gasteiger charge is 2.08. The van der Waals surface area contributed by atoms with Crippen LogP contribution in [-0.4, -0.2) is 33.7 Å². The molecule has 25 heavy (non-hydrogen) atoms. The average molecular weight is 364 g/mol. The van der Waals surface area contributed by atoms with E-state index in [0.29, 0.717) is 23.8 Å². The minimum Gasteiger partial charge on any atom is -0.383 e. The van der Waals surface area contributed by atoms with Crippen molar-refractivity contribution in [2.75, 3.05) is 18.4 Å². The van der Waals surface area contributed by atoms with Crippen molar-refractivity contribution in [1.29, 1.82) is 0 Å². The van der Waals surface area contributed by atoms with Gasteiger partial charge in [-0.1, -0.05) is 11.6 Å². The van der Waals surface area contributed by atoms with Crippen LogP contribution < -0.4 is 10.6 Å². The molecule has 0 aliphatic carbocycles. The lowest BCUT2D eigenvalue weighted by molar-refractivity contribution is -0.384. The molecule has 8 nitrogen and oxygen atoms in total. The van der Waals surface area contributed by atoms with Gasteiger partial charge in [0.05, 0.1) is 10.6 Å². The molecule has 0 saturated heterocycles. The molecule has 0 fully saturated rings. The average Bonchev–Trinajstić information content (AvgIpc) is 2.82. The summed E-state index contributed by atoms with van der Waals surface area (Å²) in [5, 5.41) is 21.0. The Morgan fingerprint density at radius 1 is 1.36 bits per heavy atom. The number of rotatable bonds is 7. The molecule has 2 N–H and O–H groups in total. The largest absolute Gasteiger partial charge is 0.383 e. The van der Waals surface area contributed by atoms with E-state index in [9.17, 15) is 14.9 Å². The molecule has 0 unspecified atom stereocenters. The number of carbonyl (C=O) groups is 1. The van der Waals surface area contributed by atoms with Crippen molar-refractivity contribution in [3.05, 3.63) is 56.9 Å². The van der Waals surface area contributed by atoms with Crippen LogP contribution in [0.3, 0.4) is 0 Å². The van der Waals surface area contributed by atoms with E-state index >= 15 is 0 Å². The van der Waals surface area contributed by atoms with Crippen molar-refractivity contribution in [2.45, 2.75) is 6.92 Å². The lowest BCUT2D eigenvalue weighted by Gasteiger charge is -2.06. The maximum atomic E-state index is 11.8.